The van der Waals surface area contributed by atoms with E-state index in [0.29, 0.717) is 19.5 Å². The zero-order valence-electron chi connectivity index (χ0n) is 15.2. The molecule has 2 atom stereocenters. The SMILES string of the molecule is CC(C)(C)OC(=O)N1C[C@@H](CNC(=O)CCl)C[C@H]1C(=O)N1CCCC1. The van der Waals surface area contributed by atoms with Crippen LogP contribution in [0.5, 0.6) is 0 Å². The van der Waals surface area contributed by atoms with E-state index in [4.69, 9.17) is 16.3 Å². The minimum Gasteiger partial charge on any atom is -0.444 e. The van der Waals surface area contributed by atoms with Gasteiger partial charge in [-0.15, -0.1) is 11.6 Å². The Morgan fingerprint density at radius 1 is 1.20 bits per heavy atom. The number of halogens is 1. The molecule has 0 aromatic rings. The largest absolute Gasteiger partial charge is 0.444 e. The number of nitrogens with one attached hydrogen (secondary N) is 1. The fourth-order valence-electron chi connectivity index (χ4n) is 3.28. The highest BCUT2D eigenvalue weighted by Crippen LogP contribution is 2.27. The Bertz CT molecular complexity index is 515. The normalized spacial score (nSPS) is 23.7. The third-order valence-corrected chi connectivity index (χ3v) is 4.67. The van der Waals surface area contributed by atoms with Gasteiger partial charge in [0.25, 0.3) is 0 Å². The monoisotopic (exact) mass is 373 g/mol. The summed E-state index contributed by atoms with van der Waals surface area (Å²) in [5, 5.41) is 2.74. The first kappa shape index (κ1) is 19.8. The molecule has 2 fully saturated rings. The molecule has 0 aromatic carbocycles. The first-order valence-corrected chi connectivity index (χ1v) is 9.36. The number of carbonyl (C=O) groups is 3. The Morgan fingerprint density at radius 3 is 2.40 bits per heavy atom. The van der Waals surface area contributed by atoms with Gasteiger partial charge in [-0.2, -0.15) is 0 Å². The molecule has 0 spiro atoms. The van der Waals surface area contributed by atoms with Crippen molar-refractivity contribution < 1.29 is 19.1 Å². The Labute approximate surface area is 154 Å². The molecule has 25 heavy (non-hydrogen) atoms. The molecule has 0 aromatic heterocycles. The molecule has 0 radical (unpaired) electrons. The molecule has 3 amide bonds. The zero-order valence-corrected chi connectivity index (χ0v) is 16.0. The van der Waals surface area contributed by atoms with Gasteiger partial charge in [-0.25, -0.2) is 4.79 Å². The van der Waals surface area contributed by atoms with Crippen LogP contribution in [0.4, 0.5) is 4.79 Å². The van der Waals surface area contributed by atoms with E-state index >= 15 is 0 Å². The van der Waals surface area contributed by atoms with E-state index in [0.717, 1.165) is 25.9 Å². The molecule has 0 unspecified atom stereocenters. The minimum atomic E-state index is -0.622. The number of carbonyl (C=O) groups excluding carboxylic acids is 3. The van der Waals surface area contributed by atoms with Crippen molar-refractivity contribution >= 4 is 29.5 Å². The van der Waals surface area contributed by atoms with Crippen LogP contribution >= 0.6 is 11.6 Å². The molecule has 2 aliphatic heterocycles. The Kier molecular flexibility index (Phi) is 6.54. The second-order valence-electron chi connectivity index (χ2n) is 7.72. The summed E-state index contributed by atoms with van der Waals surface area (Å²) in [5.41, 5.74) is -0.622. The number of likely N-dealkylation sites (tertiary alicyclic amines) is 2. The summed E-state index contributed by atoms with van der Waals surface area (Å²) in [5.74, 6) is -0.357. The fourth-order valence-corrected chi connectivity index (χ4v) is 3.38. The van der Waals surface area contributed by atoms with Gasteiger partial charge in [-0.3, -0.25) is 14.5 Å². The summed E-state index contributed by atoms with van der Waals surface area (Å²) in [6.45, 7) is 7.68. The molecule has 0 saturated carbocycles. The van der Waals surface area contributed by atoms with Gasteiger partial charge in [0.2, 0.25) is 11.8 Å². The van der Waals surface area contributed by atoms with Gasteiger partial charge in [-0.05, 0) is 46.0 Å². The highest BCUT2D eigenvalue weighted by molar-refractivity contribution is 6.27. The maximum absolute atomic E-state index is 12.8. The smallest absolute Gasteiger partial charge is 0.410 e. The Balaban J connectivity index is 2.06. The summed E-state index contributed by atoms with van der Waals surface area (Å²) in [6, 6.07) is -0.522. The number of alkyl halides is 1. The molecule has 7 nitrogen and oxygen atoms in total. The van der Waals surface area contributed by atoms with Gasteiger partial charge < -0.3 is 15.0 Å². The van der Waals surface area contributed by atoms with Gasteiger partial charge in [-0.1, -0.05) is 0 Å². The second kappa shape index (κ2) is 8.25. The standard InChI is InChI=1S/C17H28ClN3O4/c1-17(2,3)25-16(24)21-11-12(10-19-14(22)9-18)8-13(21)15(23)20-6-4-5-7-20/h12-13H,4-11H2,1-3H3,(H,19,22)/t12-,13+/m1/s1. The maximum atomic E-state index is 12.8. The molecule has 8 heteroatoms. The van der Waals surface area contributed by atoms with Crippen LogP contribution in [-0.4, -0.2) is 71.4 Å². The van der Waals surface area contributed by atoms with Crippen LogP contribution < -0.4 is 5.32 Å². The molecule has 0 aliphatic carbocycles. The summed E-state index contributed by atoms with van der Waals surface area (Å²) < 4.78 is 5.47. The lowest BCUT2D eigenvalue weighted by atomic mass is 10.0. The average molecular weight is 374 g/mol. The van der Waals surface area contributed by atoms with E-state index in [1.807, 2.05) is 4.90 Å². The molecular weight excluding hydrogens is 346 g/mol. The molecular formula is C17H28ClN3O4. The van der Waals surface area contributed by atoms with Gasteiger partial charge in [0.15, 0.2) is 0 Å². The molecule has 0 bridgehead atoms. The summed E-state index contributed by atoms with van der Waals surface area (Å²) in [4.78, 5) is 40.1. The minimum absolute atomic E-state index is 0.0104. The van der Waals surface area contributed by atoms with Crippen molar-refractivity contribution in [1.29, 1.82) is 0 Å². The van der Waals surface area contributed by atoms with Gasteiger partial charge in [0.1, 0.15) is 17.5 Å². The molecule has 2 saturated heterocycles. The van der Waals surface area contributed by atoms with E-state index in [2.05, 4.69) is 5.32 Å². The lowest BCUT2D eigenvalue weighted by molar-refractivity contribution is -0.134. The van der Waals surface area contributed by atoms with E-state index in [1.54, 1.807) is 20.8 Å². The number of nitrogens with zero attached hydrogens (tertiary/aromatic N) is 2. The predicted molar refractivity (Wildman–Crippen MR) is 94.4 cm³/mol. The number of rotatable bonds is 4. The van der Waals surface area contributed by atoms with Crippen molar-refractivity contribution in [3.05, 3.63) is 0 Å². The third kappa shape index (κ3) is 5.49. The van der Waals surface area contributed by atoms with Crippen LogP contribution in [-0.2, 0) is 14.3 Å². The van der Waals surface area contributed by atoms with Crippen LogP contribution in [0, 0.1) is 5.92 Å². The predicted octanol–water partition coefficient (Wildman–Crippen LogP) is 1.59. The van der Waals surface area contributed by atoms with Crippen LogP contribution in [0.3, 0.4) is 0 Å². The van der Waals surface area contributed by atoms with E-state index < -0.39 is 17.7 Å². The van der Waals surface area contributed by atoms with Gasteiger partial charge >= 0.3 is 6.09 Å². The molecule has 2 heterocycles. The van der Waals surface area contributed by atoms with Crippen LogP contribution in [0.15, 0.2) is 0 Å². The lowest BCUT2D eigenvalue weighted by Gasteiger charge is -2.30. The molecule has 1 N–H and O–H groups in total. The Hall–Kier alpha value is -1.50. The zero-order chi connectivity index (χ0) is 18.6. The topological polar surface area (TPSA) is 79.0 Å². The van der Waals surface area contributed by atoms with Crippen molar-refractivity contribution in [2.24, 2.45) is 5.92 Å². The van der Waals surface area contributed by atoms with Crippen molar-refractivity contribution in [2.75, 3.05) is 32.1 Å². The first-order chi connectivity index (χ1) is 11.7. The molecule has 2 rings (SSSR count). The highest BCUT2D eigenvalue weighted by Gasteiger charge is 2.43. The number of amides is 3. The number of hydrogen-bond acceptors (Lipinski definition) is 4. The quantitative estimate of drug-likeness (QED) is 0.759. The van der Waals surface area contributed by atoms with Crippen molar-refractivity contribution in [2.45, 2.75) is 51.7 Å². The summed E-state index contributed by atoms with van der Waals surface area (Å²) in [6.07, 6.45) is 2.05. The Morgan fingerprint density at radius 2 is 1.84 bits per heavy atom. The maximum Gasteiger partial charge on any atom is 0.410 e. The van der Waals surface area contributed by atoms with E-state index in [9.17, 15) is 14.4 Å². The molecule has 142 valence electrons. The lowest BCUT2D eigenvalue weighted by Crippen LogP contribution is -2.48. The van der Waals surface area contributed by atoms with E-state index in [-0.39, 0.29) is 23.6 Å². The van der Waals surface area contributed by atoms with Crippen LogP contribution in [0.1, 0.15) is 40.0 Å². The van der Waals surface area contributed by atoms with Gasteiger partial charge in [0, 0.05) is 26.2 Å². The van der Waals surface area contributed by atoms with Crippen LogP contribution in [0.2, 0.25) is 0 Å². The van der Waals surface area contributed by atoms with Gasteiger partial charge in [0.05, 0.1) is 0 Å². The second-order valence-corrected chi connectivity index (χ2v) is 7.99. The highest BCUT2D eigenvalue weighted by atomic mass is 35.5. The van der Waals surface area contributed by atoms with Crippen LogP contribution in [0.25, 0.3) is 0 Å². The van der Waals surface area contributed by atoms with Crippen molar-refractivity contribution in [3.63, 3.8) is 0 Å². The fraction of sp³-hybridized carbons (Fsp3) is 0.824. The first-order valence-electron chi connectivity index (χ1n) is 8.82. The molecule has 2 aliphatic rings. The van der Waals surface area contributed by atoms with E-state index in [1.165, 1.54) is 4.90 Å². The van der Waals surface area contributed by atoms with Crippen molar-refractivity contribution in [1.82, 2.24) is 15.1 Å². The van der Waals surface area contributed by atoms with Crippen molar-refractivity contribution in [3.8, 4) is 0 Å². The third-order valence-electron chi connectivity index (χ3n) is 4.43. The summed E-state index contributed by atoms with van der Waals surface area (Å²) >= 11 is 5.50. The average Bonchev–Trinajstić information content (AvgIpc) is 3.19. The number of ether oxygens (including phenoxy) is 1. The number of hydrogen-bond donors (Lipinski definition) is 1. The summed E-state index contributed by atoms with van der Waals surface area (Å²) in [7, 11) is 0.